The van der Waals surface area contributed by atoms with E-state index in [-0.39, 0.29) is 11.8 Å². The minimum atomic E-state index is -0.391. The van der Waals surface area contributed by atoms with Crippen molar-refractivity contribution in [2.24, 2.45) is 0 Å². The first kappa shape index (κ1) is 15.1. The van der Waals surface area contributed by atoms with E-state index in [1.807, 2.05) is 0 Å². The number of hydrogen-bond acceptors (Lipinski definition) is 4. The minimum Gasteiger partial charge on any atom is -0.322 e. The highest BCUT2D eigenvalue weighted by Crippen LogP contribution is 2.28. The predicted molar refractivity (Wildman–Crippen MR) is 88.3 cm³/mol. The summed E-state index contributed by atoms with van der Waals surface area (Å²) in [7, 11) is 0. The number of thiazole rings is 1. The van der Waals surface area contributed by atoms with Gasteiger partial charge in [0.15, 0.2) is 5.13 Å². The Morgan fingerprint density at radius 2 is 1.83 bits per heavy atom. The van der Waals surface area contributed by atoms with E-state index in [9.17, 15) is 14.0 Å². The first-order chi connectivity index (χ1) is 11.0. The third-order valence-corrected chi connectivity index (χ3v) is 3.97. The molecule has 0 aliphatic heterocycles. The number of nitrogens with one attached hydrogen (secondary N) is 2. The number of fused-ring (bicyclic) bond motifs is 1. The van der Waals surface area contributed by atoms with Crippen LogP contribution < -0.4 is 10.6 Å². The molecule has 0 saturated carbocycles. The molecule has 0 aliphatic carbocycles. The molecule has 0 aliphatic rings. The van der Waals surface area contributed by atoms with Crippen LogP contribution in [-0.2, 0) is 4.79 Å². The summed E-state index contributed by atoms with van der Waals surface area (Å²) >= 11 is 1.32. The molecule has 2 aromatic carbocycles. The molecule has 7 heteroatoms. The highest BCUT2D eigenvalue weighted by Gasteiger charge is 2.09. The van der Waals surface area contributed by atoms with E-state index >= 15 is 0 Å². The zero-order chi connectivity index (χ0) is 16.4. The Morgan fingerprint density at radius 3 is 2.52 bits per heavy atom. The molecule has 5 nitrogen and oxygen atoms in total. The number of amides is 2. The number of anilines is 2. The van der Waals surface area contributed by atoms with E-state index in [0.717, 1.165) is 10.2 Å². The van der Waals surface area contributed by atoms with E-state index in [1.165, 1.54) is 42.5 Å². The maximum Gasteiger partial charge on any atom is 0.255 e. The van der Waals surface area contributed by atoms with Crippen LogP contribution in [0.15, 0.2) is 42.5 Å². The van der Waals surface area contributed by atoms with Gasteiger partial charge in [-0.25, -0.2) is 9.37 Å². The molecule has 0 unspecified atom stereocenters. The molecule has 2 amide bonds. The fraction of sp³-hybridized carbons (Fsp3) is 0.0625. The van der Waals surface area contributed by atoms with E-state index in [4.69, 9.17) is 0 Å². The zero-order valence-corrected chi connectivity index (χ0v) is 12.9. The molecular formula is C16H12FN3O2S. The third kappa shape index (κ3) is 3.51. The number of rotatable bonds is 3. The largest absolute Gasteiger partial charge is 0.322 e. The van der Waals surface area contributed by atoms with Gasteiger partial charge in [-0.3, -0.25) is 9.59 Å². The molecule has 0 fully saturated rings. The summed E-state index contributed by atoms with van der Waals surface area (Å²) in [6.07, 6.45) is 0. The summed E-state index contributed by atoms with van der Waals surface area (Å²) in [5.41, 5.74) is 1.71. The van der Waals surface area contributed by atoms with Crippen molar-refractivity contribution in [1.29, 1.82) is 0 Å². The summed E-state index contributed by atoms with van der Waals surface area (Å²) in [6, 6.07) is 10.6. The maximum atomic E-state index is 12.9. The Kier molecular flexibility index (Phi) is 4.03. The van der Waals surface area contributed by atoms with Crippen molar-refractivity contribution in [1.82, 2.24) is 4.98 Å². The van der Waals surface area contributed by atoms with Gasteiger partial charge in [0.05, 0.1) is 10.2 Å². The van der Waals surface area contributed by atoms with E-state index in [2.05, 4.69) is 15.6 Å². The van der Waals surface area contributed by atoms with Gasteiger partial charge >= 0.3 is 0 Å². The number of halogens is 1. The van der Waals surface area contributed by atoms with E-state index in [0.29, 0.717) is 16.4 Å². The number of carbonyl (C=O) groups is 2. The van der Waals surface area contributed by atoms with Crippen LogP contribution in [0.5, 0.6) is 0 Å². The smallest absolute Gasteiger partial charge is 0.255 e. The zero-order valence-electron chi connectivity index (χ0n) is 12.1. The summed E-state index contributed by atoms with van der Waals surface area (Å²) in [6.45, 7) is 1.42. The van der Waals surface area contributed by atoms with Gasteiger partial charge in [-0.2, -0.15) is 0 Å². The summed E-state index contributed by atoms with van der Waals surface area (Å²) < 4.78 is 13.7. The third-order valence-electron chi connectivity index (χ3n) is 3.04. The first-order valence-electron chi connectivity index (χ1n) is 6.76. The molecule has 1 aromatic heterocycles. The van der Waals surface area contributed by atoms with Crippen LogP contribution in [0, 0.1) is 5.82 Å². The average Bonchev–Trinajstić information content (AvgIpc) is 2.88. The van der Waals surface area contributed by atoms with Crippen molar-refractivity contribution < 1.29 is 14.0 Å². The molecule has 0 radical (unpaired) electrons. The predicted octanol–water partition coefficient (Wildman–Crippen LogP) is 3.65. The van der Waals surface area contributed by atoms with Gasteiger partial charge in [-0.15, -0.1) is 0 Å². The Balaban J connectivity index is 1.81. The van der Waals surface area contributed by atoms with Crippen molar-refractivity contribution in [2.45, 2.75) is 6.92 Å². The average molecular weight is 329 g/mol. The van der Waals surface area contributed by atoms with Crippen molar-refractivity contribution in [2.75, 3.05) is 10.6 Å². The summed E-state index contributed by atoms with van der Waals surface area (Å²) in [5, 5.41) is 5.89. The van der Waals surface area contributed by atoms with Crippen LogP contribution in [-0.4, -0.2) is 16.8 Å². The molecule has 2 N–H and O–H groups in total. The number of aromatic nitrogens is 1. The van der Waals surface area contributed by atoms with Crippen molar-refractivity contribution in [3.05, 3.63) is 53.8 Å². The van der Waals surface area contributed by atoms with Crippen LogP contribution >= 0.6 is 11.3 Å². The van der Waals surface area contributed by atoms with Gasteiger partial charge in [0.1, 0.15) is 5.82 Å². The fourth-order valence-electron chi connectivity index (χ4n) is 2.01. The maximum absolute atomic E-state index is 12.9. The second-order valence-corrected chi connectivity index (χ2v) is 5.87. The quantitative estimate of drug-likeness (QED) is 0.770. The summed E-state index contributed by atoms with van der Waals surface area (Å²) in [5.74, 6) is -0.900. The lowest BCUT2D eigenvalue weighted by Crippen LogP contribution is -2.11. The fourth-order valence-corrected chi connectivity index (χ4v) is 2.96. The Labute approximate surface area is 135 Å². The standard InChI is InChI=1S/C16H12FN3O2S/c1-9(21)18-16-20-13-7-6-12(8-14(13)23-16)19-15(22)10-2-4-11(17)5-3-10/h2-8H,1H3,(H,19,22)(H,18,20,21). The van der Waals surface area contributed by atoms with Gasteiger partial charge in [0.2, 0.25) is 5.91 Å². The molecule has 1 heterocycles. The first-order valence-corrected chi connectivity index (χ1v) is 7.58. The number of nitrogens with zero attached hydrogens (tertiary/aromatic N) is 1. The molecule has 23 heavy (non-hydrogen) atoms. The molecule has 3 aromatic rings. The van der Waals surface area contributed by atoms with E-state index < -0.39 is 5.82 Å². The Hall–Kier alpha value is -2.80. The van der Waals surface area contributed by atoms with Crippen LogP contribution in [0.25, 0.3) is 10.2 Å². The second-order valence-electron chi connectivity index (χ2n) is 4.84. The highest BCUT2D eigenvalue weighted by atomic mass is 32.1. The molecular weight excluding hydrogens is 317 g/mol. The Morgan fingerprint density at radius 1 is 1.09 bits per heavy atom. The minimum absolute atomic E-state index is 0.186. The van der Waals surface area contributed by atoms with E-state index in [1.54, 1.807) is 18.2 Å². The topological polar surface area (TPSA) is 71.1 Å². The van der Waals surface area contributed by atoms with Gasteiger partial charge in [-0.05, 0) is 42.5 Å². The highest BCUT2D eigenvalue weighted by molar-refractivity contribution is 7.22. The molecule has 0 spiro atoms. The van der Waals surface area contributed by atoms with Crippen molar-refractivity contribution in [3.8, 4) is 0 Å². The van der Waals surface area contributed by atoms with Crippen molar-refractivity contribution in [3.63, 3.8) is 0 Å². The lowest BCUT2D eigenvalue weighted by molar-refractivity contribution is -0.114. The number of carbonyl (C=O) groups excluding carboxylic acids is 2. The van der Waals surface area contributed by atoms with Gasteiger partial charge in [0, 0.05) is 18.2 Å². The van der Waals surface area contributed by atoms with Gasteiger partial charge < -0.3 is 10.6 Å². The Bertz CT molecular complexity index is 890. The molecule has 0 atom stereocenters. The van der Waals surface area contributed by atoms with Crippen LogP contribution in [0.2, 0.25) is 0 Å². The molecule has 0 bridgehead atoms. The van der Waals surface area contributed by atoms with Gasteiger partial charge in [-0.1, -0.05) is 11.3 Å². The van der Waals surface area contributed by atoms with Gasteiger partial charge in [0.25, 0.3) is 5.91 Å². The van der Waals surface area contributed by atoms with Crippen LogP contribution in [0.3, 0.4) is 0 Å². The normalized spacial score (nSPS) is 10.5. The molecule has 116 valence electrons. The second kappa shape index (κ2) is 6.13. The number of hydrogen-bond donors (Lipinski definition) is 2. The summed E-state index contributed by atoms with van der Waals surface area (Å²) in [4.78, 5) is 27.4. The SMILES string of the molecule is CC(=O)Nc1nc2ccc(NC(=O)c3ccc(F)cc3)cc2s1. The number of benzene rings is 2. The van der Waals surface area contributed by atoms with Crippen molar-refractivity contribution >= 4 is 44.2 Å². The van der Waals surface area contributed by atoms with Crippen LogP contribution in [0.1, 0.15) is 17.3 Å². The lowest BCUT2D eigenvalue weighted by Gasteiger charge is -2.05. The van der Waals surface area contributed by atoms with Crippen LogP contribution in [0.4, 0.5) is 15.2 Å². The molecule has 3 rings (SSSR count). The monoisotopic (exact) mass is 329 g/mol. The molecule has 0 saturated heterocycles. The lowest BCUT2D eigenvalue weighted by atomic mass is 10.2.